The Hall–Kier alpha value is -3.09. The maximum Gasteiger partial charge on any atom is 0.269 e. The van der Waals surface area contributed by atoms with Gasteiger partial charge in [-0.15, -0.1) is 0 Å². The van der Waals surface area contributed by atoms with Gasteiger partial charge in [0.1, 0.15) is 11.5 Å². The minimum atomic E-state index is -0.495. The Kier molecular flexibility index (Phi) is 6.33. The summed E-state index contributed by atoms with van der Waals surface area (Å²) in [6.45, 7) is 4.51. The van der Waals surface area contributed by atoms with Crippen LogP contribution in [0, 0.1) is 16.0 Å². The van der Waals surface area contributed by atoms with E-state index in [1.54, 1.807) is 18.2 Å². The van der Waals surface area contributed by atoms with Crippen LogP contribution in [0.25, 0.3) is 0 Å². The molecular formula is C18H20N2O5. The predicted molar refractivity (Wildman–Crippen MR) is 94.0 cm³/mol. The van der Waals surface area contributed by atoms with E-state index in [0.29, 0.717) is 29.7 Å². The molecule has 0 saturated carbocycles. The summed E-state index contributed by atoms with van der Waals surface area (Å²) in [6.07, 6.45) is 0. The van der Waals surface area contributed by atoms with Crippen molar-refractivity contribution in [1.82, 2.24) is 0 Å². The van der Waals surface area contributed by atoms with Crippen LogP contribution in [-0.2, 0) is 4.79 Å². The monoisotopic (exact) mass is 344 g/mol. The molecule has 0 bridgehead atoms. The molecule has 2 rings (SSSR count). The van der Waals surface area contributed by atoms with Gasteiger partial charge in [0.15, 0.2) is 6.61 Å². The summed E-state index contributed by atoms with van der Waals surface area (Å²) in [5.41, 5.74) is 0.577. The second-order valence-electron chi connectivity index (χ2n) is 5.82. The van der Waals surface area contributed by atoms with Gasteiger partial charge < -0.3 is 14.8 Å². The number of benzene rings is 2. The third-order valence-corrected chi connectivity index (χ3v) is 3.12. The van der Waals surface area contributed by atoms with Crippen molar-refractivity contribution in [1.29, 1.82) is 0 Å². The molecule has 0 saturated heterocycles. The van der Waals surface area contributed by atoms with Crippen LogP contribution in [0.1, 0.15) is 13.8 Å². The van der Waals surface area contributed by atoms with E-state index in [-0.39, 0.29) is 18.2 Å². The van der Waals surface area contributed by atoms with Crippen molar-refractivity contribution < 1.29 is 19.2 Å². The lowest BCUT2D eigenvalue weighted by molar-refractivity contribution is -0.384. The minimum Gasteiger partial charge on any atom is -0.493 e. The standard InChI is InChI=1S/C18H20N2O5/c1-13(2)11-24-17-5-3-4-14(10-17)19-18(21)12-25-16-8-6-15(7-9-16)20(22)23/h3-10,13H,11-12H2,1-2H3,(H,19,21). The van der Waals surface area contributed by atoms with Crippen LogP contribution in [0.5, 0.6) is 11.5 Å². The van der Waals surface area contributed by atoms with Crippen LogP contribution in [0.3, 0.4) is 0 Å². The Labute approximate surface area is 145 Å². The first-order valence-electron chi connectivity index (χ1n) is 7.84. The normalized spacial score (nSPS) is 10.4. The Morgan fingerprint density at radius 3 is 2.48 bits per heavy atom. The smallest absolute Gasteiger partial charge is 0.269 e. The fourth-order valence-electron chi connectivity index (χ4n) is 1.94. The summed E-state index contributed by atoms with van der Waals surface area (Å²) in [5, 5.41) is 13.3. The average Bonchev–Trinajstić information content (AvgIpc) is 2.59. The average molecular weight is 344 g/mol. The number of nitrogens with one attached hydrogen (secondary N) is 1. The van der Waals surface area contributed by atoms with E-state index in [2.05, 4.69) is 19.2 Å². The SMILES string of the molecule is CC(C)COc1cccc(NC(=O)COc2ccc([N+](=O)[O-])cc2)c1. The number of amides is 1. The number of nitro benzene ring substituents is 1. The van der Waals surface area contributed by atoms with Crippen LogP contribution in [-0.4, -0.2) is 24.0 Å². The second-order valence-corrected chi connectivity index (χ2v) is 5.82. The summed E-state index contributed by atoms with van der Waals surface area (Å²) < 4.78 is 10.9. The zero-order valence-corrected chi connectivity index (χ0v) is 14.1. The van der Waals surface area contributed by atoms with Gasteiger partial charge in [0.05, 0.1) is 11.5 Å². The maximum atomic E-state index is 12.0. The topological polar surface area (TPSA) is 90.7 Å². The number of nitro groups is 1. The molecule has 0 heterocycles. The Morgan fingerprint density at radius 1 is 1.12 bits per heavy atom. The molecule has 2 aromatic rings. The van der Waals surface area contributed by atoms with E-state index in [4.69, 9.17) is 9.47 Å². The molecule has 0 aliphatic rings. The minimum absolute atomic E-state index is 0.0324. The number of carbonyl (C=O) groups is 1. The number of carbonyl (C=O) groups excluding carboxylic acids is 1. The van der Waals surface area contributed by atoms with Gasteiger partial charge in [0.25, 0.3) is 11.6 Å². The van der Waals surface area contributed by atoms with Crippen LogP contribution < -0.4 is 14.8 Å². The van der Waals surface area contributed by atoms with Gasteiger partial charge in [-0.25, -0.2) is 0 Å². The van der Waals surface area contributed by atoms with Gasteiger partial charge in [-0.2, -0.15) is 0 Å². The number of hydrogen-bond donors (Lipinski definition) is 1. The number of nitrogens with zero attached hydrogens (tertiary/aromatic N) is 1. The quantitative estimate of drug-likeness (QED) is 0.583. The molecule has 7 nitrogen and oxygen atoms in total. The highest BCUT2D eigenvalue weighted by Gasteiger charge is 2.07. The molecule has 0 radical (unpaired) electrons. The summed E-state index contributed by atoms with van der Waals surface area (Å²) in [7, 11) is 0. The number of ether oxygens (including phenoxy) is 2. The lowest BCUT2D eigenvalue weighted by Gasteiger charge is -2.11. The van der Waals surface area contributed by atoms with Crippen LogP contribution in [0.2, 0.25) is 0 Å². The summed E-state index contributed by atoms with van der Waals surface area (Å²) >= 11 is 0. The van der Waals surface area contributed by atoms with Crippen molar-refractivity contribution in [3.05, 3.63) is 58.6 Å². The van der Waals surface area contributed by atoms with Crippen molar-refractivity contribution >= 4 is 17.3 Å². The number of non-ortho nitro benzene ring substituents is 1. The molecular weight excluding hydrogens is 324 g/mol. The maximum absolute atomic E-state index is 12.0. The molecule has 0 aromatic heterocycles. The first-order chi connectivity index (χ1) is 11.9. The summed E-state index contributed by atoms with van der Waals surface area (Å²) in [6, 6.07) is 12.7. The van der Waals surface area contributed by atoms with Crippen molar-refractivity contribution in [3.8, 4) is 11.5 Å². The van der Waals surface area contributed by atoms with E-state index in [9.17, 15) is 14.9 Å². The lowest BCUT2D eigenvalue weighted by Crippen LogP contribution is -2.20. The largest absolute Gasteiger partial charge is 0.493 e. The van der Waals surface area contributed by atoms with Crippen LogP contribution in [0.4, 0.5) is 11.4 Å². The second kappa shape index (κ2) is 8.68. The molecule has 132 valence electrons. The third kappa shape index (κ3) is 6.14. The molecule has 0 unspecified atom stereocenters. The summed E-state index contributed by atoms with van der Waals surface area (Å²) in [4.78, 5) is 22.0. The fraction of sp³-hybridized carbons (Fsp3) is 0.278. The molecule has 25 heavy (non-hydrogen) atoms. The Balaban J connectivity index is 1.85. The zero-order valence-electron chi connectivity index (χ0n) is 14.1. The number of hydrogen-bond acceptors (Lipinski definition) is 5. The molecule has 2 aromatic carbocycles. The van der Waals surface area contributed by atoms with Crippen molar-refractivity contribution in [2.45, 2.75) is 13.8 Å². The fourth-order valence-corrected chi connectivity index (χ4v) is 1.94. The number of rotatable bonds is 8. The lowest BCUT2D eigenvalue weighted by atomic mass is 10.2. The van der Waals surface area contributed by atoms with E-state index in [1.807, 2.05) is 6.07 Å². The predicted octanol–water partition coefficient (Wildman–Crippen LogP) is 3.65. The summed E-state index contributed by atoms with van der Waals surface area (Å²) in [5.74, 6) is 1.14. The highest BCUT2D eigenvalue weighted by Crippen LogP contribution is 2.19. The Bertz CT molecular complexity index is 729. The molecule has 0 atom stereocenters. The van der Waals surface area contributed by atoms with E-state index >= 15 is 0 Å². The molecule has 0 fully saturated rings. The van der Waals surface area contributed by atoms with E-state index in [0.717, 1.165) is 0 Å². The highest BCUT2D eigenvalue weighted by atomic mass is 16.6. The van der Waals surface area contributed by atoms with Gasteiger partial charge in [-0.3, -0.25) is 14.9 Å². The molecule has 0 aliphatic carbocycles. The van der Waals surface area contributed by atoms with Gasteiger partial charge in [-0.1, -0.05) is 19.9 Å². The van der Waals surface area contributed by atoms with Crippen molar-refractivity contribution in [3.63, 3.8) is 0 Å². The Morgan fingerprint density at radius 2 is 1.84 bits per heavy atom. The molecule has 0 spiro atoms. The molecule has 7 heteroatoms. The van der Waals surface area contributed by atoms with Gasteiger partial charge in [0.2, 0.25) is 0 Å². The molecule has 1 N–H and O–H groups in total. The molecule has 1 amide bonds. The van der Waals surface area contributed by atoms with E-state index < -0.39 is 4.92 Å². The third-order valence-electron chi connectivity index (χ3n) is 3.12. The van der Waals surface area contributed by atoms with Crippen molar-refractivity contribution in [2.24, 2.45) is 5.92 Å². The van der Waals surface area contributed by atoms with Crippen LogP contribution in [0.15, 0.2) is 48.5 Å². The van der Waals surface area contributed by atoms with Gasteiger partial charge >= 0.3 is 0 Å². The molecule has 0 aliphatic heterocycles. The zero-order chi connectivity index (χ0) is 18.2. The first kappa shape index (κ1) is 18.3. The van der Waals surface area contributed by atoms with Crippen molar-refractivity contribution in [2.75, 3.05) is 18.5 Å². The highest BCUT2D eigenvalue weighted by molar-refractivity contribution is 5.92. The van der Waals surface area contributed by atoms with E-state index in [1.165, 1.54) is 24.3 Å². The number of anilines is 1. The van der Waals surface area contributed by atoms with Gasteiger partial charge in [-0.05, 0) is 30.2 Å². The first-order valence-corrected chi connectivity index (χ1v) is 7.84. The van der Waals surface area contributed by atoms with Crippen LogP contribution >= 0.6 is 0 Å². The van der Waals surface area contributed by atoms with Gasteiger partial charge in [0, 0.05) is 23.9 Å².